The molecule has 1 aliphatic heterocycles. The molecule has 1 heterocycles. The van der Waals surface area contributed by atoms with Crippen LogP contribution in [0.15, 0.2) is 28.7 Å². The van der Waals surface area contributed by atoms with E-state index in [9.17, 15) is 4.79 Å². The molecule has 17 heavy (non-hydrogen) atoms. The summed E-state index contributed by atoms with van der Waals surface area (Å²) in [6, 6.07) is 9.88. The number of amides is 2. The van der Waals surface area contributed by atoms with Gasteiger partial charge in [-0.05, 0) is 17.7 Å². The molecule has 0 bridgehead atoms. The van der Waals surface area contributed by atoms with Crippen LogP contribution >= 0.6 is 15.9 Å². The van der Waals surface area contributed by atoms with Crippen molar-refractivity contribution in [1.82, 2.24) is 10.2 Å². The van der Waals surface area contributed by atoms with Gasteiger partial charge in [0.15, 0.2) is 0 Å². The smallest absolute Gasteiger partial charge is 0.318 e. The summed E-state index contributed by atoms with van der Waals surface area (Å²) in [6.45, 7) is 1.12. The summed E-state index contributed by atoms with van der Waals surface area (Å²) >= 11 is 3.38. The molecule has 1 saturated heterocycles. The highest BCUT2D eigenvalue weighted by atomic mass is 79.9. The van der Waals surface area contributed by atoms with E-state index in [-0.39, 0.29) is 12.1 Å². The third-order valence-electron chi connectivity index (χ3n) is 2.75. The van der Waals surface area contributed by atoms with Crippen molar-refractivity contribution >= 4 is 22.0 Å². The van der Waals surface area contributed by atoms with Gasteiger partial charge in [0.05, 0.1) is 18.5 Å². The summed E-state index contributed by atoms with van der Waals surface area (Å²) in [5, 5.41) is 11.4. The molecule has 2 rings (SSSR count). The molecular weight excluding hydrogens is 282 g/mol. The zero-order valence-electron chi connectivity index (χ0n) is 9.19. The molecule has 0 spiro atoms. The molecule has 1 unspecified atom stereocenters. The Morgan fingerprint density at radius 1 is 1.47 bits per heavy atom. The summed E-state index contributed by atoms with van der Waals surface area (Å²) < 4.78 is 1.02. The molecule has 88 valence electrons. The van der Waals surface area contributed by atoms with E-state index in [4.69, 9.17) is 5.26 Å². The first-order valence-electron chi connectivity index (χ1n) is 5.38. The number of halogens is 1. The molecule has 5 heteroatoms. The summed E-state index contributed by atoms with van der Waals surface area (Å²) in [6.07, 6.45) is 0.375. The Labute approximate surface area is 108 Å². The van der Waals surface area contributed by atoms with Gasteiger partial charge in [0.2, 0.25) is 0 Å². The van der Waals surface area contributed by atoms with Gasteiger partial charge in [-0.2, -0.15) is 5.26 Å². The average molecular weight is 294 g/mol. The number of nitrogens with one attached hydrogen (secondary N) is 1. The van der Waals surface area contributed by atoms with Gasteiger partial charge in [-0.25, -0.2) is 4.79 Å². The van der Waals surface area contributed by atoms with Crippen LogP contribution in [0.1, 0.15) is 18.0 Å². The van der Waals surface area contributed by atoms with E-state index in [1.165, 1.54) is 0 Å². The molecule has 0 aromatic heterocycles. The second-order valence-electron chi connectivity index (χ2n) is 3.91. The van der Waals surface area contributed by atoms with Crippen molar-refractivity contribution in [2.24, 2.45) is 0 Å². The van der Waals surface area contributed by atoms with Crippen LogP contribution in [-0.2, 0) is 0 Å². The van der Waals surface area contributed by atoms with E-state index in [1.54, 1.807) is 4.90 Å². The van der Waals surface area contributed by atoms with Crippen LogP contribution in [0, 0.1) is 11.3 Å². The van der Waals surface area contributed by atoms with Crippen molar-refractivity contribution < 1.29 is 4.79 Å². The van der Waals surface area contributed by atoms with Gasteiger partial charge in [-0.1, -0.05) is 28.1 Å². The molecule has 2 amide bonds. The van der Waals surface area contributed by atoms with E-state index in [0.717, 1.165) is 10.0 Å². The molecular formula is C12H12BrN3O. The van der Waals surface area contributed by atoms with E-state index in [1.807, 2.05) is 30.3 Å². The lowest BCUT2D eigenvalue weighted by Gasteiger charge is -2.12. The predicted octanol–water partition coefficient (Wildman–Crippen LogP) is 2.43. The Morgan fingerprint density at radius 3 is 2.82 bits per heavy atom. The SMILES string of the molecule is N#CCCN1CC(c2ccc(Br)cc2)NC1=O. The first kappa shape index (κ1) is 11.9. The Bertz CT molecular complexity index is 452. The summed E-state index contributed by atoms with van der Waals surface area (Å²) in [5.41, 5.74) is 1.08. The van der Waals surface area contributed by atoms with Gasteiger partial charge in [0, 0.05) is 17.6 Å². The van der Waals surface area contributed by atoms with Crippen LogP contribution in [0.3, 0.4) is 0 Å². The molecule has 1 N–H and O–H groups in total. The van der Waals surface area contributed by atoms with Crippen molar-refractivity contribution in [2.75, 3.05) is 13.1 Å². The van der Waals surface area contributed by atoms with Crippen LogP contribution in [0.4, 0.5) is 4.79 Å². The topological polar surface area (TPSA) is 56.1 Å². The highest BCUT2D eigenvalue weighted by molar-refractivity contribution is 9.10. The fraction of sp³-hybridized carbons (Fsp3) is 0.333. The van der Waals surface area contributed by atoms with Crippen LogP contribution in [0.5, 0.6) is 0 Å². The van der Waals surface area contributed by atoms with Gasteiger partial charge in [-0.3, -0.25) is 0 Å². The summed E-state index contributed by atoms with van der Waals surface area (Å²) in [7, 11) is 0. The Morgan fingerprint density at radius 2 is 2.18 bits per heavy atom. The molecule has 0 aliphatic carbocycles. The third kappa shape index (κ3) is 2.77. The number of hydrogen-bond donors (Lipinski definition) is 1. The molecule has 1 fully saturated rings. The molecule has 1 aromatic carbocycles. The lowest BCUT2D eigenvalue weighted by atomic mass is 10.1. The minimum absolute atomic E-state index is 0.0225. The Hall–Kier alpha value is -1.54. The summed E-state index contributed by atoms with van der Waals surface area (Å²) in [5.74, 6) is 0. The number of nitrogens with zero attached hydrogens (tertiary/aromatic N) is 2. The fourth-order valence-electron chi connectivity index (χ4n) is 1.85. The van der Waals surface area contributed by atoms with Gasteiger partial charge in [-0.15, -0.1) is 0 Å². The largest absolute Gasteiger partial charge is 0.329 e. The van der Waals surface area contributed by atoms with Gasteiger partial charge in [0.25, 0.3) is 0 Å². The molecule has 1 aromatic rings. The highest BCUT2D eigenvalue weighted by Crippen LogP contribution is 2.22. The monoisotopic (exact) mass is 293 g/mol. The van der Waals surface area contributed by atoms with E-state index in [0.29, 0.717) is 19.5 Å². The van der Waals surface area contributed by atoms with E-state index < -0.39 is 0 Å². The maximum Gasteiger partial charge on any atom is 0.318 e. The first-order chi connectivity index (χ1) is 8.20. The second-order valence-corrected chi connectivity index (χ2v) is 4.82. The molecule has 0 radical (unpaired) electrons. The van der Waals surface area contributed by atoms with Crippen molar-refractivity contribution in [3.8, 4) is 6.07 Å². The molecule has 1 atom stereocenters. The minimum atomic E-state index is -0.0897. The Balaban J connectivity index is 2.03. The normalized spacial score (nSPS) is 18.9. The minimum Gasteiger partial charge on any atom is -0.329 e. The zero-order valence-corrected chi connectivity index (χ0v) is 10.8. The van der Waals surface area contributed by atoms with Gasteiger partial charge >= 0.3 is 6.03 Å². The number of urea groups is 1. The van der Waals surface area contributed by atoms with E-state index in [2.05, 4.69) is 21.2 Å². The summed E-state index contributed by atoms with van der Waals surface area (Å²) in [4.78, 5) is 13.3. The number of nitriles is 1. The zero-order chi connectivity index (χ0) is 12.3. The van der Waals surface area contributed by atoms with Gasteiger partial charge < -0.3 is 10.2 Å². The molecule has 0 saturated carbocycles. The quantitative estimate of drug-likeness (QED) is 0.930. The Kier molecular flexibility index (Phi) is 3.64. The van der Waals surface area contributed by atoms with Crippen molar-refractivity contribution in [1.29, 1.82) is 5.26 Å². The fourth-order valence-corrected chi connectivity index (χ4v) is 2.12. The third-order valence-corrected chi connectivity index (χ3v) is 3.28. The first-order valence-corrected chi connectivity index (χ1v) is 6.18. The maximum atomic E-state index is 11.6. The maximum absolute atomic E-state index is 11.6. The van der Waals surface area contributed by atoms with Crippen molar-refractivity contribution in [3.05, 3.63) is 34.3 Å². The predicted molar refractivity (Wildman–Crippen MR) is 67.2 cm³/mol. The molecule has 1 aliphatic rings. The average Bonchev–Trinajstić information content (AvgIpc) is 2.69. The molecule has 4 nitrogen and oxygen atoms in total. The second kappa shape index (κ2) is 5.19. The van der Waals surface area contributed by atoms with Crippen LogP contribution < -0.4 is 5.32 Å². The van der Waals surface area contributed by atoms with Crippen molar-refractivity contribution in [3.63, 3.8) is 0 Å². The highest BCUT2D eigenvalue weighted by Gasteiger charge is 2.28. The number of rotatable bonds is 3. The number of carbonyl (C=O) groups is 1. The van der Waals surface area contributed by atoms with E-state index >= 15 is 0 Å². The number of benzene rings is 1. The van der Waals surface area contributed by atoms with Crippen LogP contribution in [-0.4, -0.2) is 24.0 Å². The van der Waals surface area contributed by atoms with Crippen LogP contribution in [0.2, 0.25) is 0 Å². The van der Waals surface area contributed by atoms with Crippen molar-refractivity contribution in [2.45, 2.75) is 12.5 Å². The lowest BCUT2D eigenvalue weighted by Crippen LogP contribution is -2.28. The standard InChI is InChI=1S/C12H12BrN3O/c13-10-4-2-9(3-5-10)11-8-16(7-1-6-14)12(17)15-11/h2-5,11H,1,7-8H2,(H,15,17). The van der Waals surface area contributed by atoms with Crippen LogP contribution in [0.25, 0.3) is 0 Å². The van der Waals surface area contributed by atoms with Gasteiger partial charge in [0.1, 0.15) is 0 Å². The number of hydrogen-bond acceptors (Lipinski definition) is 2. The lowest BCUT2D eigenvalue weighted by molar-refractivity contribution is 0.218. The number of carbonyl (C=O) groups excluding carboxylic acids is 1.